The first-order chi connectivity index (χ1) is 15.8. The number of amides is 2. The highest BCUT2D eigenvalue weighted by Gasteiger charge is 2.14. The van der Waals surface area contributed by atoms with Gasteiger partial charge in [0, 0.05) is 30.9 Å². The topological polar surface area (TPSA) is 94.0 Å². The molecule has 3 aromatic rings. The Balaban J connectivity index is 1.83. The predicted octanol–water partition coefficient (Wildman–Crippen LogP) is 3.69. The second-order valence-electron chi connectivity index (χ2n) is 7.58. The van der Waals surface area contributed by atoms with Crippen molar-refractivity contribution in [1.29, 1.82) is 0 Å². The van der Waals surface area contributed by atoms with Crippen molar-refractivity contribution < 1.29 is 14.7 Å². The SMILES string of the molecule is Cc1cccc(/C=N\NC(=O)/C(=C/c2ccc(N(C)C)cc2)NC(=O)c2ccccc2)c1O. The number of hydrogen-bond donors (Lipinski definition) is 3. The van der Waals surface area contributed by atoms with Crippen LogP contribution in [0.25, 0.3) is 6.08 Å². The molecule has 0 aliphatic heterocycles. The quantitative estimate of drug-likeness (QED) is 0.296. The van der Waals surface area contributed by atoms with Gasteiger partial charge in [-0.2, -0.15) is 5.10 Å². The lowest BCUT2D eigenvalue weighted by atomic mass is 10.1. The second-order valence-corrected chi connectivity index (χ2v) is 7.58. The number of carbonyl (C=O) groups excluding carboxylic acids is 2. The molecule has 3 rings (SSSR count). The summed E-state index contributed by atoms with van der Waals surface area (Å²) in [7, 11) is 3.88. The lowest BCUT2D eigenvalue weighted by Crippen LogP contribution is -2.32. The molecule has 7 nitrogen and oxygen atoms in total. The van der Waals surface area contributed by atoms with Crippen molar-refractivity contribution >= 4 is 29.8 Å². The number of para-hydroxylation sites is 1. The average molecular weight is 443 g/mol. The van der Waals surface area contributed by atoms with Crippen molar-refractivity contribution in [2.45, 2.75) is 6.92 Å². The van der Waals surface area contributed by atoms with Crippen molar-refractivity contribution in [1.82, 2.24) is 10.7 Å². The lowest BCUT2D eigenvalue weighted by Gasteiger charge is -2.12. The summed E-state index contributed by atoms with van der Waals surface area (Å²) >= 11 is 0. The number of rotatable bonds is 7. The van der Waals surface area contributed by atoms with Crippen LogP contribution in [0.15, 0.2) is 83.6 Å². The van der Waals surface area contributed by atoms with E-state index in [-0.39, 0.29) is 11.4 Å². The molecule has 0 aliphatic carbocycles. The van der Waals surface area contributed by atoms with Gasteiger partial charge in [-0.1, -0.05) is 42.5 Å². The van der Waals surface area contributed by atoms with Crippen molar-refractivity contribution in [2.24, 2.45) is 5.10 Å². The van der Waals surface area contributed by atoms with Crippen molar-refractivity contribution in [2.75, 3.05) is 19.0 Å². The van der Waals surface area contributed by atoms with E-state index in [4.69, 9.17) is 0 Å². The number of aryl methyl sites for hydroxylation is 1. The molecule has 0 unspecified atom stereocenters. The van der Waals surface area contributed by atoms with Crippen molar-refractivity contribution in [3.8, 4) is 5.75 Å². The maximum atomic E-state index is 12.9. The van der Waals surface area contributed by atoms with Gasteiger partial charge in [0.25, 0.3) is 11.8 Å². The summed E-state index contributed by atoms with van der Waals surface area (Å²) in [5.41, 5.74) is 5.78. The fraction of sp³-hybridized carbons (Fsp3) is 0.115. The molecular formula is C26H26N4O3. The first-order valence-corrected chi connectivity index (χ1v) is 10.3. The third-order valence-corrected chi connectivity index (χ3v) is 4.89. The van der Waals surface area contributed by atoms with Crippen LogP contribution in [-0.4, -0.2) is 37.2 Å². The van der Waals surface area contributed by atoms with Crippen LogP contribution in [0.1, 0.15) is 27.0 Å². The number of hydrazone groups is 1. The summed E-state index contributed by atoms with van der Waals surface area (Å²) in [5, 5.41) is 16.7. The molecule has 168 valence electrons. The molecule has 33 heavy (non-hydrogen) atoms. The average Bonchev–Trinajstić information content (AvgIpc) is 2.82. The zero-order chi connectivity index (χ0) is 23.8. The molecule has 0 saturated heterocycles. The Morgan fingerprint density at radius 2 is 1.64 bits per heavy atom. The van der Waals surface area contributed by atoms with Gasteiger partial charge in [-0.15, -0.1) is 0 Å². The molecule has 3 aromatic carbocycles. The minimum Gasteiger partial charge on any atom is -0.507 e. The van der Waals surface area contributed by atoms with Gasteiger partial charge in [-0.3, -0.25) is 9.59 Å². The second kappa shape index (κ2) is 10.8. The zero-order valence-electron chi connectivity index (χ0n) is 18.7. The number of hydrogen-bond acceptors (Lipinski definition) is 5. The Morgan fingerprint density at radius 1 is 0.939 bits per heavy atom. The Bertz CT molecular complexity index is 1180. The van der Waals surface area contributed by atoms with E-state index in [1.54, 1.807) is 55.5 Å². The normalized spacial score (nSPS) is 11.3. The first kappa shape index (κ1) is 23.3. The highest BCUT2D eigenvalue weighted by molar-refractivity contribution is 6.05. The number of carbonyl (C=O) groups is 2. The standard InChI is InChI=1S/C26H26N4O3/c1-18-8-7-11-21(24(18)31)17-27-29-26(33)23(28-25(32)20-9-5-4-6-10-20)16-19-12-14-22(15-13-19)30(2)3/h4-17,31H,1-3H3,(H,28,32)(H,29,33)/b23-16-,27-17-. The van der Waals surface area contributed by atoms with Gasteiger partial charge < -0.3 is 15.3 Å². The minimum atomic E-state index is -0.598. The Hall–Kier alpha value is -4.39. The summed E-state index contributed by atoms with van der Waals surface area (Å²) in [5.74, 6) is -0.925. The highest BCUT2D eigenvalue weighted by Crippen LogP contribution is 2.19. The van der Waals surface area contributed by atoms with Crippen LogP contribution in [0, 0.1) is 6.92 Å². The molecule has 0 aliphatic rings. The number of benzene rings is 3. The van der Waals surface area contributed by atoms with Crippen LogP contribution in [-0.2, 0) is 4.79 Å². The fourth-order valence-corrected chi connectivity index (χ4v) is 2.98. The van der Waals surface area contributed by atoms with E-state index in [9.17, 15) is 14.7 Å². The van der Waals surface area contributed by atoms with Gasteiger partial charge in [0.2, 0.25) is 0 Å². The maximum Gasteiger partial charge on any atom is 0.287 e. The summed E-state index contributed by atoms with van der Waals surface area (Å²) < 4.78 is 0. The molecule has 0 atom stereocenters. The lowest BCUT2D eigenvalue weighted by molar-refractivity contribution is -0.117. The third-order valence-electron chi connectivity index (χ3n) is 4.89. The molecular weight excluding hydrogens is 416 g/mol. The van der Waals surface area contributed by atoms with E-state index in [0.717, 1.165) is 11.3 Å². The number of aromatic hydroxyl groups is 1. The Labute approximate surface area is 193 Å². The number of anilines is 1. The highest BCUT2D eigenvalue weighted by atomic mass is 16.3. The summed E-state index contributed by atoms with van der Waals surface area (Å²) in [6, 6.07) is 21.4. The smallest absolute Gasteiger partial charge is 0.287 e. The van der Waals surface area contributed by atoms with Gasteiger partial charge in [0.05, 0.1) is 6.21 Å². The van der Waals surface area contributed by atoms with E-state index < -0.39 is 11.8 Å². The molecule has 0 heterocycles. The third kappa shape index (κ3) is 6.30. The molecule has 0 fully saturated rings. The molecule has 0 aromatic heterocycles. The molecule has 0 saturated carbocycles. The van der Waals surface area contributed by atoms with Crippen molar-refractivity contribution in [3.05, 3.63) is 101 Å². The van der Waals surface area contributed by atoms with Gasteiger partial charge in [-0.05, 0) is 54.5 Å². The monoisotopic (exact) mass is 442 g/mol. The molecule has 7 heteroatoms. The maximum absolute atomic E-state index is 12.9. The van der Waals surface area contributed by atoms with Crippen LogP contribution in [0.3, 0.4) is 0 Å². The Kier molecular flexibility index (Phi) is 7.60. The van der Waals surface area contributed by atoms with Gasteiger partial charge >= 0.3 is 0 Å². The number of phenolic OH excluding ortho intramolecular Hbond substituents is 1. The number of nitrogens with one attached hydrogen (secondary N) is 2. The Morgan fingerprint density at radius 3 is 2.30 bits per heavy atom. The zero-order valence-corrected chi connectivity index (χ0v) is 18.7. The van der Waals surface area contributed by atoms with Gasteiger partial charge in [0.15, 0.2) is 0 Å². The largest absolute Gasteiger partial charge is 0.507 e. The van der Waals surface area contributed by atoms with E-state index in [1.807, 2.05) is 49.3 Å². The molecule has 3 N–H and O–H groups in total. The van der Waals surface area contributed by atoms with Crippen LogP contribution < -0.4 is 15.6 Å². The number of nitrogens with zero attached hydrogens (tertiary/aromatic N) is 2. The van der Waals surface area contributed by atoms with Crippen LogP contribution in [0.2, 0.25) is 0 Å². The van der Waals surface area contributed by atoms with E-state index >= 15 is 0 Å². The number of phenols is 1. The predicted molar refractivity (Wildman–Crippen MR) is 131 cm³/mol. The fourth-order valence-electron chi connectivity index (χ4n) is 2.98. The van der Waals surface area contributed by atoms with E-state index in [2.05, 4.69) is 15.8 Å². The molecule has 0 radical (unpaired) electrons. The summed E-state index contributed by atoms with van der Waals surface area (Å²) in [4.78, 5) is 27.5. The van der Waals surface area contributed by atoms with Gasteiger partial charge in [-0.25, -0.2) is 5.43 Å². The minimum absolute atomic E-state index is 0.0343. The first-order valence-electron chi connectivity index (χ1n) is 10.3. The summed E-state index contributed by atoms with van der Waals surface area (Å²) in [6.07, 6.45) is 2.93. The van der Waals surface area contributed by atoms with E-state index in [0.29, 0.717) is 16.7 Å². The van der Waals surface area contributed by atoms with Crippen LogP contribution in [0.5, 0.6) is 5.75 Å². The summed E-state index contributed by atoms with van der Waals surface area (Å²) in [6.45, 7) is 1.77. The van der Waals surface area contributed by atoms with Crippen molar-refractivity contribution in [3.63, 3.8) is 0 Å². The molecule has 0 bridgehead atoms. The van der Waals surface area contributed by atoms with Gasteiger partial charge in [0.1, 0.15) is 11.4 Å². The van der Waals surface area contributed by atoms with Crippen LogP contribution in [0.4, 0.5) is 5.69 Å². The van der Waals surface area contributed by atoms with Crippen LogP contribution >= 0.6 is 0 Å². The van der Waals surface area contributed by atoms with E-state index in [1.165, 1.54) is 6.21 Å². The molecule has 0 spiro atoms. The molecule has 2 amide bonds.